The molecule has 0 radical (unpaired) electrons. The fraction of sp³-hybridized carbons (Fsp3) is 0.333. The molecule has 26 heavy (non-hydrogen) atoms. The minimum Gasteiger partial charge on any atom is -0.380 e. The second kappa shape index (κ2) is 6.61. The van der Waals surface area contributed by atoms with Crippen molar-refractivity contribution in [3.63, 3.8) is 0 Å². The Morgan fingerprint density at radius 1 is 1.27 bits per heavy atom. The van der Waals surface area contributed by atoms with Gasteiger partial charge in [-0.15, -0.1) is 0 Å². The van der Waals surface area contributed by atoms with Gasteiger partial charge in [0.05, 0.1) is 23.6 Å². The molecular weight excluding hydrogens is 330 g/mol. The first kappa shape index (κ1) is 16.3. The number of hydrogen-bond donors (Lipinski definition) is 1. The third-order valence-corrected chi connectivity index (χ3v) is 4.63. The van der Waals surface area contributed by atoms with Gasteiger partial charge in [0.1, 0.15) is 23.7 Å². The molecule has 3 aromatic heterocycles. The fourth-order valence-electron chi connectivity index (χ4n) is 3.28. The van der Waals surface area contributed by atoms with E-state index in [1.165, 1.54) is 0 Å². The molecule has 3 aromatic rings. The van der Waals surface area contributed by atoms with E-state index in [2.05, 4.69) is 26.2 Å². The van der Waals surface area contributed by atoms with E-state index in [1.807, 2.05) is 22.9 Å². The van der Waals surface area contributed by atoms with Crippen molar-refractivity contribution >= 4 is 5.82 Å². The largest absolute Gasteiger partial charge is 0.380 e. The quantitative estimate of drug-likeness (QED) is 0.767. The summed E-state index contributed by atoms with van der Waals surface area (Å²) in [5.41, 5.74) is 2.75. The average Bonchev–Trinajstić information content (AvgIpc) is 3.21. The van der Waals surface area contributed by atoms with Gasteiger partial charge in [0, 0.05) is 26.3 Å². The molecule has 1 atom stereocenters. The summed E-state index contributed by atoms with van der Waals surface area (Å²) in [7, 11) is 1.80. The summed E-state index contributed by atoms with van der Waals surface area (Å²) < 4.78 is 3.60. The normalized spacial score (nSPS) is 15.2. The van der Waals surface area contributed by atoms with Crippen LogP contribution in [0.1, 0.15) is 35.3 Å². The molecule has 4 heterocycles. The molecule has 1 unspecified atom stereocenters. The van der Waals surface area contributed by atoms with Gasteiger partial charge in [-0.25, -0.2) is 4.98 Å². The van der Waals surface area contributed by atoms with E-state index in [0.717, 1.165) is 31.0 Å². The minimum atomic E-state index is -0.810. The number of fused-ring (bicyclic) bond motifs is 1. The Balaban J connectivity index is 1.62. The van der Waals surface area contributed by atoms with Crippen LogP contribution in [0, 0.1) is 11.3 Å². The van der Waals surface area contributed by atoms with E-state index in [4.69, 9.17) is 5.26 Å². The molecule has 0 amide bonds. The molecule has 8 nitrogen and oxygen atoms in total. The van der Waals surface area contributed by atoms with Crippen molar-refractivity contribution in [1.29, 1.82) is 5.26 Å². The highest BCUT2D eigenvalue weighted by Gasteiger charge is 2.22. The zero-order chi connectivity index (χ0) is 18.1. The predicted octanol–water partition coefficient (Wildman–Crippen LogP) is 1.38. The van der Waals surface area contributed by atoms with Gasteiger partial charge in [0.2, 0.25) is 0 Å². The second-order valence-corrected chi connectivity index (χ2v) is 6.33. The summed E-state index contributed by atoms with van der Waals surface area (Å²) in [6.45, 7) is 2.25. The average molecular weight is 349 g/mol. The summed E-state index contributed by atoms with van der Waals surface area (Å²) in [5, 5.41) is 28.4. The molecule has 0 saturated carbocycles. The van der Waals surface area contributed by atoms with Crippen LogP contribution < -0.4 is 4.90 Å². The zero-order valence-electron chi connectivity index (χ0n) is 14.4. The molecule has 1 N–H and O–H groups in total. The van der Waals surface area contributed by atoms with Crippen molar-refractivity contribution in [2.45, 2.75) is 25.6 Å². The molecule has 0 saturated heterocycles. The summed E-state index contributed by atoms with van der Waals surface area (Å²) in [4.78, 5) is 6.54. The lowest BCUT2D eigenvalue weighted by molar-refractivity contribution is 0.203. The van der Waals surface area contributed by atoms with Crippen LogP contribution in [0.5, 0.6) is 0 Å². The fourth-order valence-corrected chi connectivity index (χ4v) is 3.28. The van der Waals surface area contributed by atoms with E-state index in [-0.39, 0.29) is 0 Å². The highest BCUT2D eigenvalue weighted by molar-refractivity contribution is 5.42. The Labute approximate surface area is 150 Å². The summed E-state index contributed by atoms with van der Waals surface area (Å²) in [5.74, 6) is 0.785. The van der Waals surface area contributed by atoms with Crippen LogP contribution in [0.3, 0.4) is 0 Å². The Kier molecular flexibility index (Phi) is 4.14. The zero-order valence-corrected chi connectivity index (χ0v) is 14.4. The number of aromatic nitrogens is 5. The van der Waals surface area contributed by atoms with Crippen LogP contribution in [-0.4, -0.2) is 36.2 Å². The third kappa shape index (κ3) is 2.93. The number of anilines is 1. The van der Waals surface area contributed by atoms with Gasteiger partial charge in [-0.05, 0) is 30.7 Å². The first-order chi connectivity index (χ1) is 12.7. The Hall–Kier alpha value is -3.18. The molecule has 0 aromatic carbocycles. The summed E-state index contributed by atoms with van der Waals surface area (Å²) >= 11 is 0. The first-order valence-electron chi connectivity index (χ1n) is 8.50. The number of pyridine rings is 1. The SMILES string of the molecule is Cn1nccc1C(O)c1cc2n(n1)CCCN(c1cccc(C#N)n1)C2. The maximum absolute atomic E-state index is 10.6. The minimum absolute atomic E-state index is 0.410. The van der Waals surface area contributed by atoms with Gasteiger partial charge < -0.3 is 10.0 Å². The van der Waals surface area contributed by atoms with Crippen LogP contribution in [0.2, 0.25) is 0 Å². The number of hydrogen-bond acceptors (Lipinski definition) is 6. The Bertz CT molecular complexity index is 968. The smallest absolute Gasteiger partial charge is 0.142 e. The highest BCUT2D eigenvalue weighted by atomic mass is 16.3. The van der Waals surface area contributed by atoms with Crippen molar-refractivity contribution in [2.75, 3.05) is 11.4 Å². The Morgan fingerprint density at radius 2 is 2.15 bits per heavy atom. The van der Waals surface area contributed by atoms with Gasteiger partial charge in [0.15, 0.2) is 0 Å². The van der Waals surface area contributed by atoms with E-state index < -0.39 is 6.10 Å². The molecule has 0 spiro atoms. The van der Waals surface area contributed by atoms with Crippen molar-refractivity contribution in [3.8, 4) is 6.07 Å². The van der Waals surface area contributed by atoms with Crippen LogP contribution in [0.25, 0.3) is 0 Å². The number of aliphatic hydroxyl groups is 1. The molecule has 1 aliphatic heterocycles. The van der Waals surface area contributed by atoms with Gasteiger partial charge in [-0.2, -0.15) is 15.5 Å². The van der Waals surface area contributed by atoms with Gasteiger partial charge in [-0.1, -0.05) is 6.07 Å². The topological polar surface area (TPSA) is 95.8 Å². The summed E-state index contributed by atoms with van der Waals surface area (Å²) in [6, 6.07) is 11.3. The third-order valence-electron chi connectivity index (χ3n) is 4.63. The van der Waals surface area contributed by atoms with Crippen molar-refractivity contribution in [1.82, 2.24) is 24.5 Å². The summed E-state index contributed by atoms with van der Waals surface area (Å²) in [6.07, 6.45) is 1.76. The van der Waals surface area contributed by atoms with Crippen LogP contribution in [0.15, 0.2) is 36.5 Å². The number of nitrogens with zero attached hydrogens (tertiary/aromatic N) is 7. The maximum Gasteiger partial charge on any atom is 0.142 e. The second-order valence-electron chi connectivity index (χ2n) is 6.33. The monoisotopic (exact) mass is 349 g/mol. The number of nitriles is 1. The maximum atomic E-state index is 10.6. The number of aliphatic hydroxyl groups excluding tert-OH is 1. The van der Waals surface area contributed by atoms with E-state index >= 15 is 0 Å². The van der Waals surface area contributed by atoms with Crippen molar-refractivity contribution in [3.05, 3.63) is 59.3 Å². The molecule has 4 rings (SSSR count). The predicted molar refractivity (Wildman–Crippen MR) is 94.1 cm³/mol. The van der Waals surface area contributed by atoms with Gasteiger partial charge >= 0.3 is 0 Å². The molecule has 8 heteroatoms. The van der Waals surface area contributed by atoms with Crippen LogP contribution in [-0.2, 0) is 20.1 Å². The number of aryl methyl sites for hydroxylation is 2. The van der Waals surface area contributed by atoms with E-state index in [9.17, 15) is 5.11 Å². The number of rotatable bonds is 3. The van der Waals surface area contributed by atoms with E-state index in [0.29, 0.717) is 23.6 Å². The molecule has 0 bridgehead atoms. The lowest BCUT2D eigenvalue weighted by Crippen LogP contribution is -2.23. The lowest BCUT2D eigenvalue weighted by atomic mass is 10.2. The molecule has 1 aliphatic rings. The molecular formula is C18H19N7O. The van der Waals surface area contributed by atoms with Gasteiger partial charge in [0.25, 0.3) is 0 Å². The standard InChI is InChI=1S/C18H19N7O/c1-23-16(6-7-20-23)18(26)15-10-14-12-24(8-3-9-25(14)22-15)17-5-2-4-13(11-19)21-17/h2,4-7,10,18,26H,3,8-9,12H2,1H3. The molecule has 0 aliphatic carbocycles. The van der Waals surface area contributed by atoms with E-state index in [1.54, 1.807) is 30.1 Å². The Morgan fingerprint density at radius 3 is 2.92 bits per heavy atom. The van der Waals surface area contributed by atoms with Crippen LogP contribution in [0.4, 0.5) is 5.82 Å². The molecule has 132 valence electrons. The van der Waals surface area contributed by atoms with Crippen molar-refractivity contribution in [2.24, 2.45) is 7.05 Å². The lowest BCUT2D eigenvalue weighted by Gasteiger charge is -2.21. The molecule has 0 fully saturated rings. The first-order valence-corrected chi connectivity index (χ1v) is 8.50. The highest BCUT2D eigenvalue weighted by Crippen LogP contribution is 2.24. The van der Waals surface area contributed by atoms with Crippen LogP contribution >= 0.6 is 0 Å². The van der Waals surface area contributed by atoms with Crippen molar-refractivity contribution < 1.29 is 5.11 Å². The van der Waals surface area contributed by atoms with Gasteiger partial charge in [-0.3, -0.25) is 9.36 Å².